The minimum Gasteiger partial charge on any atom is -0.453 e. The van der Waals surface area contributed by atoms with Crippen molar-refractivity contribution in [1.82, 2.24) is 4.98 Å². The summed E-state index contributed by atoms with van der Waals surface area (Å²) in [5.74, 6) is -1.26. The van der Waals surface area contributed by atoms with Gasteiger partial charge in [-0.2, -0.15) is 0 Å². The first-order chi connectivity index (χ1) is 10.4. The average Bonchev–Trinajstić information content (AvgIpc) is 2.51. The first kappa shape index (κ1) is 17.0. The van der Waals surface area contributed by atoms with E-state index in [-0.39, 0.29) is 26.5 Å². The summed E-state index contributed by atoms with van der Waals surface area (Å²) >= 11 is 23.1. The molecule has 0 aliphatic heterocycles. The Morgan fingerprint density at radius 3 is 2.27 bits per heavy atom. The second kappa shape index (κ2) is 7.29. The lowest BCUT2D eigenvalue weighted by Gasteiger charge is -2.07. The fourth-order valence-electron chi connectivity index (χ4n) is 1.50. The molecule has 0 saturated heterocycles. The van der Waals surface area contributed by atoms with Crippen molar-refractivity contribution < 1.29 is 14.3 Å². The van der Waals surface area contributed by atoms with Gasteiger partial charge >= 0.3 is 5.97 Å². The Labute approximate surface area is 145 Å². The van der Waals surface area contributed by atoms with Crippen molar-refractivity contribution in [2.45, 2.75) is 0 Å². The predicted octanol–water partition coefficient (Wildman–Crippen LogP) is 4.73. The summed E-state index contributed by atoms with van der Waals surface area (Å²) in [4.78, 5) is 27.5. The molecule has 2 aromatic rings. The number of hydrogen-bond acceptors (Lipinski definition) is 4. The van der Waals surface area contributed by atoms with Crippen LogP contribution in [0.15, 0.2) is 30.5 Å². The van der Waals surface area contributed by atoms with Crippen molar-refractivity contribution in [3.63, 3.8) is 0 Å². The molecule has 0 fully saturated rings. The largest absolute Gasteiger partial charge is 0.453 e. The van der Waals surface area contributed by atoms with Gasteiger partial charge < -0.3 is 4.74 Å². The van der Waals surface area contributed by atoms with E-state index in [1.807, 2.05) is 0 Å². The molecule has 2 rings (SSSR count). The number of carbonyl (C=O) groups is 2. The van der Waals surface area contributed by atoms with Gasteiger partial charge in [0.15, 0.2) is 18.1 Å². The third-order valence-corrected chi connectivity index (χ3v) is 4.10. The summed E-state index contributed by atoms with van der Waals surface area (Å²) < 4.78 is 4.88. The third kappa shape index (κ3) is 3.90. The van der Waals surface area contributed by atoms with Crippen molar-refractivity contribution in [3.8, 4) is 0 Å². The number of ether oxygens (including phenoxy) is 1. The number of nitrogens with zero attached hydrogens (tertiary/aromatic N) is 1. The van der Waals surface area contributed by atoms with E-state index < -0.39 is 12.6 Å². The highest BCUT2D eigenvalue weighted by Gasteiger charge is 2.19. The first-order valence-corrected chi connectivity index (χ1v) is 7.36. The maximum Gasteiger partial charge on any atom is 0.358 e. The van der Waals surface area contributed by atoms with Gasteiger partial charge in [0.05, 0.1) is 15.1 Å². The summed E-state index contributed by atoms with van der Waals surface area (Å²) in [6.07, 6.45) is 1.17. The molecule has 0 aliphatic rings. The zero-order chi connectivity index (χ0) is 16.3. The lowest BCUT2D eigenvalue weighted by molar-refractivity contribution is 0.0469. The minimum atomic E-state index is -0.870. The Morgan fingerprint density at radius 2 is 1.64 bits per heavy atom. The minimum absolute atomic E-state index is 0.00527. The average molecular weight is 379 g/mol. The van der Waals surface area contributed by atoms with Gasteiger partial charge in [-0.05, 0) is 24.3 Å². The number of ketones is 1. The normalized spacial score (nSPS) is 10.4. The second-order valence-electron chi connectivity index (χ2n) is 4.09. The fourth-order valence-corrected chi connectivity index (χ4v) is 2.19. The van der Waals surface area contributed by atoms with Crippen LogP contribution in [-0.2, 0) is 4.74 Å². The lowest BCUT2D eigenvalue weighted by Crippen LogP contribution is -2.15. The molecule has 0 unspecified atom stereocenters. The van der Waals surface area contributed by atoms with Crippen LogP contribution in [0.5, 0.6) is 0 Å². The highest BCUT2D eigenvalue weighted by Crippen LogP contribution is 2.31. The van der Waals surface area contributed by atoms with Gasteiger partial charge in [0.1, 0.15) is 0 Å². The molecule has 0 spiro atoms. The Morgan fingerprint density at radius 1 is 1.00 bits per heavy atom. The number of pyridine rings is 1. The fraction of sp³-hybridized carbons (Fsp3) is 0.0714. The van der Waals surface area contributed by atoms with Crippen molar-refractivity contribution in [2.24, 2.45) is 0 Å². The molecule has 1 heterocycles. The van der Waals surface area contributed by atoms with Crippen LogP contribution in [0.2, 0.25) is 20.1 Å². The smallest absolute Gasteiger partial charge is 0.358 e. The van der Waals surface area contributed by atoms with Crippen LogP contribution < -0.4 is 0 Å². The standard InChI is InChI=1S/C14H7Cl4NO3/c15-8-3-1-7(2-4-8)10(20)6-22-14(21)13-12(18)11(17)9(16)5-19-13/h1-5H,6H2. The SMILES string of the molecule is O=C(COC(=O)c1ncc(Cl)c(Cl)c1Cl)c1ccc(Cl)cc1. The third-order valence-electron chi connectivity index (χ3n) is 2.61. The summed E-state index contributed by atoms with van der Waals surface area (Å²) in [6.45, 7) is -0.460. The van der Waals surface area contributed by atoms with Gasteiger partial charge in [0.2, 0.25) is 0 Å². The van der Waals surface area contributed by atoms with Crippen LogP contribution in [0, 0.1) is 0 Å². The molecule has 0 radical (unpaired) electrons. The summed E-state index contributed by atoms with van der Waals surface area (Å²) in [5.41, 5.74) is 0.158. The number of Topliss-reactive ketones (excluding diaryl/α,β-unsaturated/α-hetero) is 1. The zero-order valence-electron chi connectivity index (χ0n) is 10.8. The molecule has 22 heavy (non-hydrogen) atoms. The van der Waals surface area contributed by atoms with Gasteiger partial charge in [-0.15, -0.1) is 0 Å². The number of halogens is 4. The van der Waals surface area contributed by atoms with E-state index in [0.29, 0.717) is 10.6 Å². The van der Waals surface area contributed by atoms with E-state index in [4.69, 9.17) is 51.1 Å². The van der Waals surface area contributed by atoms with Crippen LogP contribution in [0.1, 0.15) is 20.8 Å². The van der Waals surface area contributed by atoms with Crippen molar-refractivity contribution in [1.29, 1.82) is 0 Å². The van der Waals surface area contributed by atoms with Gasteiger partial charge in [0.25, 0.3) is 0 Å². The number of rotatable bonds is 4. The van der Waals surface area contributed by atoms with E-state index in [1.165, 1.54) is 18.3 Å². The van der Waals surface area contributed by atoms with Gasteiger partial charge in [-0.3, -0.25) is 4.79 Å². The number of aromatic nitrogens is 1. The van der Waals surface area contributed by atoms with Crippen LogP contribution in [0.3, 0.4) is 0 Å². The molecule has 0 atom stereocenters. The number of benzene rings is 1. The summed E-state index contributed by atoms with van der Waals surface area (Å²) in [7, 11) is 0. The Balaban J connectivity index is 2.05. The van der Waals surface area contributed by atoms with Gasteiger partial charge in [0, 0.05) is 16.8 Å². The van der Waals surface area contributed by atoms with Crippen molar-refractivity contribution in [2.75, 3.05) is 6.61 Å². The second-order valence-corrected chi connectivity index (χ2v) is 5.69. The summed E-state index contributed by atoms with van der Waals surface area (Å²) in [6, 6.07) is 6.19. The number of esters is 1. The summed E-state index contributed by atoms with van der Waals surface area (Å²) in [5, 5.41) is 0.480. The maximum absolute atomic E-state index is 11.9. The molecule has 1 aromatic carbocycles. The molecular weight excluding hydrogens is 372 g/mol. The Hall–Kier alpha value is -1.33. The Bertz CT molecular complexity index is 732. The van der Waals surface area contributed by atoms with E-state index in [0.717, 1.165) is 0 Å². The highest BCUT2D eigenvalue weighted by molar-refractivity contribution is 6.48. The monoisotopic (exact) mass is 377 g/mol. The molecule has 0 saturated carbocycles. The topological polar surface area (TPSA) is 56.3 Å². The van der Waals surface area contributed by atoms with E-state index in [1.54, 1.807) is 12.1 Å². The zero-order valence-corrected chi connectivity index (χ0v) is 13.8. The number of hydrogen-bond donors (Lipinski definition) is 0. The molecular formula is C14H7Cl4NO3. The molecule has 8 heteroatoms. The van der Waals surface area contributed by atoms with Crippen LogP contribution >= 0.6 is 46.4 Å². The number of carbonyl (C=O) groups excluding carboxylic acids is 2. The Kier molecular flexibility index (Phi) is 5.64. The molecule has 0 aliphatic carbocycles. The van der Waals surface area contributed by atoms with Crippen LogP contribution in [-0.4, -0.2) is 23.3 Å². The van der Waals surface area contributed by atoms with E-state index in [9.17, 15) is 9.59 Å². The van der Waals surface area contributed by atoms with E-state index in [2.05, 4.69) is 4.98 Å². The highest BCUT2D eigenvalue weighted by atomic mass is 35.5. The lowest BCUT2D eigenvalue weighted by atomic mass is 10.1. The quantitative estimate of drug-likeness (QED) is 0.569. The van der Waals surface area contributed by atoms with Gasteiger partial charge in [-0.1, -0.05) is 46.4 Å². The molecule has 1 aromatic heterocycles. The van der Waals surface area contributed by atoms with E-state index >= 15 is 0 Å². The molecule has 114 valence electrons. The molecule has 4 nitrogen and oxygen atoms in total. The predicted molar refractivity (Wildman–Crippen MR) is 85.3 cm³/mol. The molecule has 0 amide bonds. The van der Waals surface area contributed by atoms with Crippen LogP contribution in [0.25, 0.3) is 0 Å². The van der Waals surface area contributed by atoms with Gasteiger partial charge in [-0.25, -0.2) is 9.78 Å². The van der Waals surface area contributed by atoms with Crippen molar-refractivity contribution >= 4 is 58.2 Å². The van der Waals surface area contributed by atoms with Crippen LogP contribution in [0.4, 0.5) is 0 Å². The molecule has 0 N–H and O–H groups in total. The maximum atomic E-state index is 11.9. The molecule has 0 bridgehead atoms. The first-order valence-electron chi connectivity index (χ1n) is 5.85. The van der Waals surface area contributed by atoms with Crippen molar-refractivity contribution in [3.05, 3.63) is 61.8 Å².